The highest BCUT2D eigenvalue weighted by Gasteiger charge is 2.41. The highest BCUT2D eigenvalue weighted by molar-refractivity contribution is 5.89. The van der Waals surface area contributed by atoms with Gasteiger partial charge in [-0.1, -0.05) is 12.1 Å². The van der Waals surface area contributed by atoms with Gasteiger partial charge < -0.3 is 19.4 Å². The van der Waals surface area contributed by atoms with E-state index in [1.807, 2.05) is 54.8 Å². The first kappa shape index (κ1) is 22.1. The van der Waals surface area contributed by atoms with Gasteiger partial charge in [-0.2, -0.15) is 0 Å². The summed E-state index contributed by atoms with van der Waals surface area (Å²) >= 11 is 0. The molecule has 0 spiro atoms. The molecular formula is C23H33N3O4. The summed E-state index contributed by atoms with van der Waals surface area (Å²) in [6.45, 7) is 8.80. The molecule has 2 fully saturated rings. The number of amides is 3. The average molecular weight is 416 g/mol. The van der Waals surface area contributed by atoms with Crippen molar-refractivity contribution in [3.8, 4) is 5.75 Å². The number of hydrogen-bond acceptors (Lipinski definition) is 4. The summed E-state index contributed by atoms with van der Waals surface area (Å²) in [4.78, 5) is 43.6. The van der Waals surface area contributed by atoms with Crippen LogP contribution in [0.2, 0.25) is 0 Å². The zero-order chi connectivity index (χ0) is 21.9. The first-order valence-corrected chi connectivity index (χ1v) is 10.7. The molecule has 30 heavy (non-hydrogen) atoms. The summed E-state index contributed by atoms with van der Waals surface area (Å²) in [6.07, 6.45) is 1.38. The molecule has 2 aliphatic heterocycles. The molecule has 0 aliphatic carbocycles. The van der Waals surface area contributed by atoms with Crippen molar-refractivity contribution in [2.75, 3.05) is 39.8 Å². The third-order valence-electron chi connectivity index (χ3n) is 5.96. The van der Waals surface area contributed by atoms with Gasteiger partial charge in [-0.3, -0.25) is 14.4 Å². The van der Waals surface area contributed by atoms with E-state index in [4.69, 9.17) is 4.74 Å². The van der Waals surface area contributed by atoms with Gasteiger partial charge in [0.05, 0.1) is 19.4 Å². The number of methoxy groups -OCH3 is 1. The molecule has 0 aromatic heterocycles. The maximum absolute atomic E-state index is 13.0. The van der Waals surface area contributed by atoms with Gasteiger partial charge in [0.2, 0.25) is 17.7 Å². The zero-order valence-electron chi connectivity index (χ0n) is 18.5. The van der Waals surface area contributed by atoms with Crippen LogP contribution in [0.25, 0.3) is 0 Å². The van der Waals surface area contributed by atoms with Crippen LogP contribution in [0.3, 0.4) is 0 Å². The van der Waals surface area contributed by atoms with Crippen LogP contribution in [-0.2, 0) is 20.8 Å². The lowest BCUT2D eigenvalue weighted by Crippen LogP contribution is -2.44. The quantitative estimate of drug-likeness (QED) is 0.754. The topological polar surface area (TPSA) is 70.2 Å². The molecule has 1 atom stereocenters. The minimum Gasteiger partial charge on any atom is -0.497 e. The lowest BCUT2D eigenvalue weighted by molar-refractivity contribution is -0.136. The number of carbonyl (C=O) groups excluding carboxylic acids is 3. The normalized spacial score (nSPS) is 20.3. The van der Waals surface area contributed by atoms with Gasteiger partial charge in [-0.05, 0) is 44.9 Å². The summed E-state index contributed by atoms with van der Waals surface area (Å²) < 4.78 is 5.16. The zero-order valence-corrected chi connectivity index (χ0v) is 18.5. The average Bonchev–Trinajstić information content (AvgIpc) is 2.95. The minimum atomic E-state index is -0.279. The predicted octanol–water partition coefficient (Wildman–Crippen LogP) is 1.95. The van der Waals surface area contributed by atoms with Crippen molar-refractivity contribution in [1.29, 1.82) is 0 Å². The van der Waals surface area contributed by atoms with Crippen molar-refractivity contribution in [3.05, 3.63) is 29.8 Å². The molecule has 3 amide bonds. The molecule has 7 heteroatoms. The van der Waals surface area contributed by atoms with Crippen LogP contribution in [0.15, 0.2) is 24.3 Å². The van der Waals surface area contributed by atoms with Gasteiger partial charge in [-0.25, -0.2) is 0 Å². The Balaban J connectivity index is 1.54. The molecular weight excluding hydrogens is 382 g/mol. The van der Waals surface area contributed by atoms with Crippen LogP contribution in [-0.4, -0.2) is 77.8 Å². The Morgan fingerprint density at radius 3 is 2.27 bits per heavy atom. The molecule has 0 radical (unpaired) electrons. The summed E-state index contributed by atoms with van der Waals surface area (Å²) in [5.41, 5.74) is 0.681. The summed E-state index contributed by atoms with van der Waals surface area (Å²) in [7, 11) is 1.62. The number of likely N-dealkylation sites (tertiary alicyclic amines) is 1. The van der Waals surface area contributed by atoms with Crippen molar-refractivity contribution in [2.45, 2.75) is 45.6 Å². The van der Waals surface area contributed by atoms with Gasteiger partial charge >= 0.3 is 0 Å². The van der Waals surface area contributed by atoms with Gasteiger partial charge in [0.1, 0.15) is 5.75 Å². The largest absolute Gasteiger partial charge is 0.497 e. The fraction of sp³-hybridized carbons (Fsp3) is 0.609. The summed E-state index contributed by atoms with van der Waals surface area (Å²) in [6, 6.07) is 7.52. The number of benzene rings is 1. The highest BCUT2D eigenvalue weighted by Crippen LogP contribution is 2.27. The number of hydrogen-bond donors (Lipinski definition) is 0. The van der Waals surface area contributed by atoms with Gasteiger partial charge in [0.15, 0.2) is 0 Å². The third-order valence-corrected chi connectivity index (χ3v) is 5.96. The van der Waals surface area contributed by atoms with Crippen molar-refractivity contribution >= 4 is 17.7 Å². The molecule has 1 unspecified atom stereocenters. The van der Waals surface area contributed by atoms with Gasteiger partial charge in [0.25, 0.3) is 0 Å². The number of rotatable bonds is 4. The second-order valence-electron chi connectivity index (χ2n) is 9.16. The van der Waals surface area contributed by atoms with E-state index in [2.05, 4.69) is 0 Å². The van der Waals surface area contributed by atoms with E-state index < -0.39 is 0 Å². The Morgan fingerprint density at radius 1 is 1.03 bits per heavy atom. The first-order valence-electron chi connectivity index (χ1n) is 10.7. The number of nitrogens with zero attached hydrogens (tertiary/aromatic N) is 3. The summed E-state index contributed by atoms with van der Waals surface area (Å²) in [5.74, 6) is 0.653. The minimum absolute atomic E-state index is 0.0413. The smallest absolute Gasteiger partial charge is 0.228 e. The van der Waals surface area contributed by atoms with Crippen LogP contribution in [0.5, 0.6) is 5.75 Å². The standard InChI is InChI=1S/C23H33N3O4/c1-23(2,3)26-16-18(15-21(26)28)22(29)25-11-5-10-24(12-13-25)20(27)14-17-6-8-19(30-4)9-7-17/h6-9,18H,5,10-16H2,1-4H3. The third kappa shape index (κ3) is 5.12. The lowest BCUT2D eigenvalue weighted by Gasteiger charge is -2.32. The molecule has 2 saturated heterocycles. The molecule has 1 aromatic rings. The van der Waals surface area contributed by atoms with Crippen LogP contribution >= 0.6 is 0 Å². The van der Waals surface area contributed by atoms with Crippen LogP contribution in [0.4, 0.5) is 0 Å². The second-order valence-corrected chi connectivity index (χ2v) is 9.16. The molecule has 0 saturated carbocycles. The molecule has 2 heterocycles. The van der Waals surface area contributed by atoms with Crippen LogP contribution in [0.1, 0.15) is 39.2 Å². The lowest BCUT2D eigenvalue weighted by atomic mass is 10.1. The van der Waals surface area contributed by atoms with Gasteiger partial charge in [-0.15, -0.1) is 0 Å². The first-order chi connectivity index (χ1) is 14.2. The highest BCUT2D eigenvalue weighted by atomic mass is 16.5. The molecule has 0 N–H and O–H groups in total. The number of ether oxygens (including phenoxy) is 1. The SMILES string of the molecule is COc1ccc(CC(=O)N2CCCN(C(=O)C3CC(=O)N(C(C)(C)C)C3)CC2)cc1. The van der Waals surface area contributed by atoms with Crippen LogP contribution < -0.4 is 4.74 Å². The van der Waals surface area contributed by atoms with E-state index in [1.165, 1.54) is 0 Å². The molecule has 2 aliphatic rings. The predicted molar refractivity (Wildman–Crippen MR) is 114 cm³/mol. The monoisotopic (exact) mass is 415 g/mol. The van der Waals surface area contributed by atoms with Crippen molar-refractivity contribution in [3.63, 3.8) is 0 Å². The molecule has 7 nitrogen and oxygen atoms in total. The van der Waals surface area contributed by atoms with Crippen LogP contribution in [0, 0.1) is 5.92 Å². The van der Waals surface area contributed by atoms with Crippen molar-refractivity contribution in [2.24, 2.45) is 5.92 Å². The Labute approximate surface area is 179 Å². The fourth-order valence-corrected chi connectivity index (χ4v) is 4.20. The molecule has 1 aromatic carbocycles. The Bertz CT molecular complexity index is 785. The van der Waals surface area contributed by atoms with E-state index in [1.54, 1.807) is 12.0 Å². The van der Waals surface area contributed by atoms with Gasteiger partial charge in [0, 0.05) is 44.7 Å². The maximum Gasteiger partial charge on any atom is 0.228 e. The Hall–Kier alpha value is -2.57. The van der Waals surface area contributed by atoms with E-state index in [-0.39, 0.29) is 35.6 Å². The second kappa shape index (κ2) is 9.06. The summed E-state index contributed by atoms with van der Waals surface area (Å²) in [5, 5.41) is 0. The van der Waals surface area contributed by atoms with Crippen molar-refractivity contribution < 1.29 is 19.1 Å². The maximum atomic E-state index is 13.0. The fourth-order valence-electron chi connectivity index (χ4n) is 4.20. The van der Waals surface area contributed by atoms with E-state index in [0.29, 0.717) is 39.1 Å². The molecule has 164 valence electrons. The van der Waals surface area contributed by atoms with E-state index in [0.717, 1.165) is 17.7 Å². The Kier molecular flexibility index (Phi) is 6.68. The number of carbonyl (C=O) groups is 3. The van der Waals surface area contributed by atoms with E-state index >= 15 is 0 Å². The molecule has 0 bridgehead atoms. The van der Waals surface area contributed by atoms with E-state index in [9.17, 15) is 14.4 Å². The molecule has 3 rings (SSSR count). The van der Waals surface area contributed by atoms with Crippen molar-refractivity contribution in [1.82, 2.24) is 14.7 Å². The Morgan fingerprint density at radius 2 is 1.67 bits per heavy atom.